The lowest BCUT2D eigenvalue weighted by molar-refractivity contribution is -0.145. The molecule has 1 amide bonds. The van der Waals surface area contributed by atoms with Crippen LogP contribution in [0.15, 0.2) is 66.7 Å². The van der Waals surface area contributed by atoms with Crippen LogP contribution in [0, 0.1) is 11.7 Å². The fraction of sp³-hybridized carbons (Fsp3) is 0.303. The third-order valence-corrected chi connectivity index (χ3v) is 7.38. The minimum atomic E-state index is -0.511. The van der Waals surface area contributed by atoms with Gasteiger partial charge in [0.2, 0.25) is 5.91 Å². The van der Waals surface area contributed by atoms with E-state index in [0.29, 0.717) is 30.8 Å². The molecule has 4 aromatic rings. The number of carbonyl (C=O) groups excluding carboxylic acids is 3. The topological polar surface area (TPSA) is 107 Å². The van der Waals surface area contributed by atoms with Crippen LogP contribution >= 0.6 is 0 Å². The van der Waals surface area contributed by atoms with Crippen LogP contribution in [0.4, 0.5) is 4.39 Å². The minimum Gasteiger partial charge on any atom is -0.488 e. The van der Waals surface area contributed by atoms with Gasteiger partial charge < -0.3 is 24.5 Å². The van der Waals surface area contributed by atoms with Crippen LogP contribution in [0.2, 0.25) is 0 Å². The maximum atomic E-state index is 13.8. The quantitative estimate of drug-likeness (QED) is 0.153. The summed E-state index contributed by atoms with van der Waals surface area (Å²) in [6.07, 6.45) is 1.93. The Bertz CT molecular complexity index is 1580. The Labute approximate surface area is 243 Å². The molecule has 0 aliphatic carbocycles. The zero-order valence-corrected chi connectivity index (χ0v) is 23.4. The average Bonchev–Trinajstić information content (AvgIpc) is 3.38. The number of halogens is 1. The first-order chi connectivity index (χ1) is 20.4. The fourth-order valence-electron chi connectivity index (χ4n) is 5.17. The summed E-state index contributed by atoms with van der Waals surface area (Å²) < 4.78 is 30.7. The Kier molecular flexibility index (Phi) is 9.16. The molecule has 0 spiro atoms. The van der Waals surface area contributed by atoms with Crippen LogP contribution < -0.4 is 14.8 Å². The molecule has 8 nitrogen and oxygen atoms in total. The standard InChI is InChI=1S/C33H33FN2O6/c1-35-33(39)22(9-5-6-10-31(38)42-18-21-7-3-2-4-8-21)15-24(37)19-40-25-12-13-26-30(17-25)41-20-28-27-16-23(34)11-14-29(27)36-32(26)28/h2-4,7-8,11-14,16-17,22,36H,5-6,9-10,15,18-20H2,1H3,(H,35,39). The predicted octanol–water partition coefficient (Wildman–Crippen LogP) is 5.87. The van der Waals surface area contributed by atoms with Crippen LogP contribution in [0.3, 0.4) is 0 Å². The first-order valence-corrected chi connectivity index (χ1v) is 14.0. The van der Waals surface area contributed by atoms with E-state index in [2.05, 4.69) is 10.3 Å². The van der Waals surface area contributed by atoms with Crippen LogP contribution in [0.25, 0.3) is 22.2 Å². The van der Waals surface area contributed by atoms with Crippen molar-refractivity contribution >= 4 is 28.6 Å². The Morgan fingerprint density at radius 3 is 2.69 bits per heavy atom. The summed E-state index contributed by atoms with van der Waals surface area (Å²) in [5.74, 6) is -0.452. The van der Waals surface area contributed by atoms with Crippen LogP contribution in [-0.4, -0.2) is 36.3 Å². The number of ether oxygens (including phenoxy) is 3. The van der Waals surface area contributed by atoms with Crippen molar-refractivity contribution in [3.63, 3.8) is 0 Å². The lowest BCUT2D eigenvalue weighted by atomic mass is 9.95. The highest BCUT2D eigenvalue weighted by atomic mass is 19.1. The van der Waals surface area contributed by atoms with Gasteiger partial charge in [-0.1, -0.05) is 36.8 Å². The van der Waals surface area contributed by atoms with E-state index in [4.69, 9.17) is 14.2 Å². The maximum Gasteiger partial charge on any atom is 0.306 e. The molecule has 0 radical (unpaired) electrons. The molecule has 218 valence electrons. The van der Waals surface area contributed by atoms with Gasteiger partial charge in [-0.2, -0.15) is 0 Å². The molecule has 1 aliphatic heterocycles. The number of hydrogen-bond acceptors (Lipinski definition) is 6. The summed E-state index contributed by atoms with van der Waals surface area (Å²) >= 11 is 0. The average molecular weight is 573 g/mol. The van der Waals surface area contributed by atoms with Gasteiger partial charge in [-0.25, -0.2) is 4.39 Å². The number of fused-ring (bicyclic) bond motifs is 5. The van der Waals surface area contributed by atoms with Crippen molar-refractivity contribution in [2.24, 2.45) is 5.92 Å². The molecular formula is C33H33FN2O6. The number of aromatic nitrogens is 1. The molecule has 1 aliphatic rings. The Balaban J connectivity index is 1.10. The van der Waals surface area contributed by atoms with Crippen molar-refractivity contribution < 1.29 is 33.0 Å². The first kappa shape index (κ1) is 28.9. The predicted molar refractivity (Wildman–Crippen MR) is 155 cm³/mol. The highest BCUT2D eigenvalue weighted by molar-refractivity contribution is 5.93. The largest absolute Gasteiger partial charge is 0.488 e. The van der Waals surface area contributed by atoms with E-state index in [1.807, 2.05) is 36.4 Å². The van der Waals surface area contributed by atoms with Gasteiger partial charge >= 0.3 is 5.97 Å². The number of carbonyl (C=O) groups is 3. The third-order valence-electron chi connectivity index (χ3n) is 7.38. The van der Waals surface area contributed by atoms with E-state index in [1.54, 1.807) is 25.2 Å². The fourth-order valence-corrected chi connectivity index (χ4v) is 5.17. The number of ketones is 1. The van der Waals surface area contributed by atoms with Crippen LogP contribution in [0.1, 0.15) is 43.2 Å². The highest BCUT2D eigenvalue weighted by Crippen LogP contribution is 2.42. The van der Waals surface area contributed by atoms with Gasteiger partial charge in [0.1, 0.15) is 37.1 Å². The minimum absolute atomic E-state index is 0.0363. The summed E-state index contributed by atoms with van der Waals surface area (Å²) in [6, 6.07) is 19.4. The zero-order chi connectivity index (χ0) is 29.5. The van der Waals surface area contributed by atoms with Crippen LogP contribution in [0.5, 0.6) is 11.5 Å². The van der Waals surface area contributed by atoms with Gasteiger partial charge in [-0.15, -0.1) is 0 Å². The Hall–Kier alpha value is -4.66. The van der Waals surface area contributed by atoms with Gasteiger partial charge in [0, 0.05) is 53.9 Å². The lowest BCUT2D eigenvalue weighted by Gasteiger charge is -2.19. The number of Topliss-reactive ketones (excluding diaryl/α,β-unsaturated/α-hetero) is 1. The molecule has 1 aromatic heterocycles. The summed E-state index contributed by atoms with van der Waals surface area (Å²) in [7, 11) is 1.54. The summed E-state index contributed by atoms with van der Waals surface area (Å²) in [5, 5.41) is 3.41. The Morgan fingerprint density at radius 2 is 1.88 bits per heavy atom. The normalized spacial score (nSPS) is 12.5. The number of hydrogen-bond donors (Lipinski definition) is 2. The van der Waals surface area contributed by atoms with Gasteiger partial charge in [-0.05, 0) is 48.7 Å². The second-order valence-electron chi connectivity index (χ2n) is 10.3. The number of benzene rings is 3. The van der Waals surface area contributed by atoms with E-state index >= 15 is 0 Å². The number of nitrogens with one attached hydrogen (secondary N) is 2. The van der Waals surface area contributed by atoms with Gasteiger partial charge in [0.05, 0.1) is 5.69 Å². The monoisotopic (exact) mass is 572 g/mol. The molecule has 0 bridgehead atoms. The summed E-state index contributed by atoms with van der Waals surface area (Å²) in [4.78, 5) is 40.6. The maximum absolute atomic E-state index is 13.8. The summed E-state index contributed by atoms with van der Waals surface area (Å²) in [6.45, 7) is 0.332. The molecule has 0 fully saturated rings. The van der Waals surface area contributed by atoms with Crippen molar-refractivity contribution in [2.75, 3.05) is 13.7 Å². The molecule has 0 saturated heterocycles. The molecule has 9 heteroatoms. The van der Waals surface area contributed by atoms with Crippen molar-refractivity contribution in [2.45, 2.75) is 45.3 Å². The van der Waals surface area contributed by atoms with E-state index < -0.39 is 5.92 Å². The number of rotatable bonds is 13. The summed E-state index contributed by atoms with van der Waals surface area (Å²) in [5.41, 5.74) is 4.35. The molecule has 1 atom stereocenters. The molecule has 2 N–H and O–H groups in total. The molecular weight excluding hydrogens is 539 g/mol. The first-order valence-electron chi connectivity index (χ1n) is 14.0. The molecule has 5 rings (SSSR count). The highest BCUT2D eigenvalue weighted by Gasteiger charge is 2.24. The van der Waals surface area contributed by atoms with E-state index in [-0.39, 0.29) is 56.1 Å². The van der Waals surface area contributed by atoms with Crippen molar-refractivity contribution in [3.05, 3.63) is 83.7 Å². The smallest absolute Gasteiger partial charge is 0.306 e. The molecule has 0 saturated carbocycles. The number of amides is 1. The number of esters is 1. The molecule has 3 aromatic carbocycles. The zero-order valence-electron chi connectivity index (χ0n) is 23.4. The SMILES string of the molecule is CNC(=O)C(CCCCC(=O)OCc1ccccc1)CC(=O)COc1ccc2c(c1)OCc1c-2[nH]c2ccc(F)cc12. The van der Waals surface area contributed by atoms with E-state index in [9.17, 15) is 18.8 Å². The van der Waals surface area contributed by atoms with Crippen molar-refractivity contribution in [3.8, 4) is 22.8 Å². The number of aromatic amines is 1. The molecule has 42 heavy (non-hydrogen) atoms. The van der Waals surface area contributed by atoms with Gasteiger partial charge in [0.15, 0.2) is 5.78 Å². The number of unbranched alkanes of at least 4 members (excludes halogenated alkanes) is 1. The number of H-pyrrole nitrogens is 1. The van der Waals surface area contributed by atoms with E-state index in [1.165, 1.54) is 12.1 Å². The van der Waals surface area contributed by atoms with E-state index in [0.717, 1.165) is 33.3 Å². The molecule has 2 heterocycles. The van der Waals surface area contributed by atoms with Gasteiger partial charge in [-0.3, -0.25) is 14.4 Å². The third kappa shape index (κ3) is 6.97. The van der Waals surface area contributed by atoms with Crippen molar-refractivity contribution in [1.29, 1.82) is 0 Å². The van der Waals surface area contributed by atoms with Crippen LogP contribution in [-0.2, 0) is 32.3 Å². The second kappa shape index (κ2) is 13.3. The van der Waals surface area contributed by atoms with Gasteiger partial charge in [0.25, 0.3) is 0 Å². The molecule has 1 unspecified atom stereocenters. The second-order valence-corrected chi connectivity index (χ2v) is 10.3. The Morgan fingerprint density at radius 1 is 1.05 bits per heavy atom. The lowest BCUT2D eigenvalue weighted by Crippen LogP contribution is -2.30. The van der Waals surface area contributed by atoms with Crippen molar-refractivity contribution in [1.82, 2.24) is 10.3 Å².